The third-order valence-corrected chi connectivity index (χ3v) is 6.79. The lowest BCUT2D eigenvalue weighted by Crippen LogP contribution is -2.73. The zero-order valence-electron chi connectivity index (χ0n) is 11.3. The molecule has 8 heteroatoms. The predicted octanol–water partition coefficient (Wildman–Crippen LogP) is -0.657. The Balaban J connectivity index is 1.89. The van der Waals surface area contributed by atoms with Crippen molar-refractivity contribution in [3.63, 3.8) is 0 Å². The monoisotopic (exact) mass is 328 g/mol. The number of piperazine rings is 1. The molecule has 0 bridgehead atoms. The second kappa shape index (κ2) is 5.05. The Labute approximate surface area is 130 Å². The molecule has 0 aromatic rings. The quantitative estimate of drug-likeness (QED) is 0.537. The van der Waals surface area contributed by atoms with Crippen molar-refractivity contribution in [3.8, 4) is 0 Å². The number of aliphatic hydroxyl groups excluding tert-OH is 2. The fourth-order valence-electron chi connectivity index (χ4n) is 2.77. The minimum Gasteiger partial charge on any atom is -0.392 e. The number of hydrogen-bond donors (Lipinski definition) is 4. The van der Waals surface area contributed by atoms with Gasteiger partial charge in [-0.1, -0.05) is 23.8 Å². The molecule has 4 atom stereocenters. The smallest absolute Gasteiger partial charge is 0.260 e. The summed E-state index contributed by atoms with van der Waals surface area (Å²) in [5.74, 6) is -0.746. The number of carbonyl (C=O) groups is 2. The summed E-state index contributed by atoms with van der Waals surface area (Å²) in [5.41, 5.74) is 0.936. The number of amides is 2. The highest BCUT2D eigenvalue weighted by Crippen LogP contribution is 2.49. The number of rotatable bonds is 2. The van der Waals surface area contributed by atoms with Crippen LogP contribution in [-0.4, -0.2) is 56.0 Å². The van der Waals surface area contributed by atoms with E-state index in [1.807, 2.05) is 6.08 Å². The van der Waals surface area contributed by atoms with Crippen molar-refractivity contribution in [1.29, 1.82) is 0 Å². The van der Waals surface area contributed by atoms with Gasteiger partial charge >= 0.3 is 0 Å². The normalized spacial score (nSPS) is 41.6. The molecule has 3 aliphatic rings. The first-order chi connectivity index (χ1) is 9.96. The van der Waals surface area contributed by atoms with Crippen molar-refractivity contribution < 1.29 is 19.8 Å². The van der Waals surface area contributed by atoms with Gasteiger partial charge in [0.2, 0.25) is 0 Å². The molecule has 0 aromatic heterocycles. The van der Waals surface area contributed by atoms with E-state index < -0.39 is 28.4 Å². The average Bonchev–Trinajstić information content (AvgIpc) is 2.84. The Morgan fingerprint density at radius 3 is 2.81 bits per heavy atom. The van der Waals surface area contributed by atoms with Crippen molar-refractivity contribution in [2.24, 2.45) is 0 Å². The number of allylic oxidation sites excluding steroid dienone is 2. The highest BCUT2D eigenvalue weighted by molar-refractivity contribution is 8.02. The molecule has 6 nitrogen and oxygen atoms in total. The molecule has 2 fully saturated rings. The molecule has 2 amide bonds. The van der Waals surface area contributed by atoms with Crippen molar-refractivity contribution in [3.05, 3.63) is 23.8 Å². The topological polar surface area (TPSA) is 98.7 Å². The summed E-state index contributed by atoms with van der Waals surface area (Å²) in [6.45, 7) is -0.469. The second-order valence-corrected chi connectivity index (χ2v) is 7.80. The summed E-state index contributed by atoms with van der Waals surface area (Å²) in [4.78, 5) is 22.5. The maximum Gasteiger partial charge on any atom is 0.260 e. The molecular formula is C13H16N2O4S2. The molecule has 4 N–H and O–H groups in total. The summed E-state index contributed by atoms with van der Waals surface area (Å²) in [5, 5.41) is 24.6. The van der Waals surface area contributed by atoms with Gasteiger partial charge in [-0.3, -0.25) is 9.59 Å². The van der Waals surface area contributed by atoms with Crippen LogP contribution in [0.1, 0.15) is 6.42 Å². The van der Waals surface area contributed by atoms with Gasteiger partial charge in [-0.15, -0.1) is 23.5 Å². The van der Waals surface area contributed by atoms with Crippen LogP contribution in [0.4, 0.5) is 0 Å². The summed E-state index contributed by atoms with van der Waals surface area (Å²) in [7, 11) is 0. The lowest BCUT2D eigenvalue weighted by Gasteiger charge is -2.42. The van der Waals surface area contributed by atoms with Gasteiger partial charge in [0.1, 0.15) is 0 Å². The number of hydrogen-bond acceptors (Lipinski definition) is 6. The Morgan fingerprint density at radius 1 is 1.43 bits per heavy atom. The van der Waals surface area contributed by atoms with Crippen LogP contribution in [0.2, 0.25) is 0 Å². The summed E-state index contributed by atoms with van der Waals surface area (Å²) in [6, 6.07) is 0. The Hall–Kier alpha value is -0.960. The van der Waals surface area contributed by atoms with E-state index in [1.54, 1.807) is 18.4 Å². The van der Waals surface area contributed by atoms with Crippen molar-refractivity contribution >= 4 is 35.3 Å². The molecule has 1 aliphatic carbocycles. The summed E-state index contributed by atoms with van der Waals surface area (Å²) >= 11 is 2.35. The van der Waals surface area contributed by atoms with Crippen LogP contribution in [0.5, 0.6) is 0 Å². The Morgan fingerprint density at radius 2 is 2.19 bits per heavy atom. The SMILES string of the molecule is CS[C@@]1(CO)NC(=O)[C@]2(CC3=CC=C[C@@H](O)[C@@H]3S2)NC1=O. The minimum absolute atomic E-state index is 0.225. The molecule has 3 rings (SSSR count). The zero-order chi connectivity index (χ0) is 15.3. The largest absolute Gasteiger partial charge is 0.392 e. The zero-order valence-corrected chi connectivity index (χ0v) is 13.0. The van der Waals surface area contributed by atoms with Crippen molar-refractivity contribution in [2.75, 3.05) is 12.9 Å². The lowest BCUT2D eigenvalue weighted by atomic mass is 9.94. The van der Waals surface area contributed by atoms with Crippen LogP contribution in [-0.2, 0) is 9.59 Å². The predicted molar refractivity (Wildman–Crippen MR) is 81.6 cm³/mol. The third-order valence-electron chi connectivity index (χ3n) is 4.01. The van der Waals surface area contributed by atoms with Crippen LogP contribution in [0.15, 0.2) is 23.8 Å². The van der Waals surface area contributed by atoms with E-state index in [2.05, 4.69) is 10.6 Å². The highest BCUT2D eigenvalue weighted by atomic mass is 32.2. The van der Waals surface area contributed by atoms with Crippen molar-refractivity contribution in [2.45, 2.75) is 27.5 Å². The lowest BCUT2D eigenvalue weighted by molar-refractivity contribution is -0.140. The van der Waals surface area contributed by atoms with Gasteiger partial charge in [0.15, 0.2) is 9.74 Å². The summed E-state index contributed by atoms with van der Waals surface area (Å²) in [6.07, 6.45) is 6.66. The molecule has 0 saturated carbocycles. The van der Waals surface area contributed by atoms with Crippen LogP contribution in [0.3, 0.4) is 0 Å². The first kappa shape index (κ1) is 15.0. The van der Waals surface area contributed by atoms with Gasteiger partial charge in [0, 0.05) is 6.42 Å². The highest BCUT2D eigenvalue weighted by Gasteiger charge is 2.58. The number of aliphatic hydroxyl groups is 2. The number of nitrogens with one attached hydrogen (secondary N) is 2. The van der Waals surface area contributed by atoms with E-state index in [0.717, 1.165) is 17.3 Å². The van der Waals surface area contributed by atoms with Crippen LogP contribution in [0, 0.1) is 0 Å². The van der Waals surface area contributed by atoms with E-state index in [1.165, 1.54) is 11.8 Å². The van der Waals surface area contributed by atoms with Crippen LogP contribution < -0.4 is 10.6 Å². The van der Waals surface area contributed by atoms with Gasteiger partial charge in [0.05, 0.1) is 18.0 Å². The van der Waals surface area contributed by atoms with E-state index in [4.69, 9.17) is 0 Å². The fraction of sp³-hybridized carbons (Fsp3) is 0.538. The Kier molecular flexibility index (Phi) is 3.59. The van der Waals surface area contributed by atoms with Gasteiger partial charge in [-0.2, -0.15) is 0 Å². The van der Waals surface area contributed by atoms with E-state index >= 15 is 0 Å². The molecule has 0 unspecified atom stereocenters. The van der Waals surface area contributed by atoms with Crippen molar-refractivity contribution in [1.82, 2.24) is 10.6 Å². The second-order valence-electron chi connectivity index (χ2n) is 5.26. The fourth-order valence-corrected chi connectivity index (χ4v) is 4.87. The molecular weight excluding hydrogens is 312 g/mol. The Bertz CT molecular complexity index is 558. The molecule has 0 radical (unpaired) electrons. The standard InChI is InChI=1S/C13H16N2O4S2/c1-20-13(6-16)11(19)14-12(10(18)15-13)5-7-3-2-4-8(17)9(7)21-12/h2-4,8-9,16-17H,5-6H2,1H3,(H,14,19)(H,15,18)/t8-,9-,12-,13-/m1/s1. The molecule has 114 valence electrons. The van der Waals surface area contributed by atoms with Crippen LogP contribution >= 0.6 is 23.5 Å². The first-order valence-electron chi connectivity index (χ1n) is 6.51. The molecule has 21 heavy (non-hydrogen) atoms. The number of fused-ring (bicyclic) bond motifs is 1. The maximum atomic E-state index is 12.5. The molecule has 2 heterocycles. The summed E-state index contributed by atoms with van der Waals surface area (Å²) < 4.78 is 0. The molecule has 2 aliphatic heterocycles. The molecule has 1 spiro atoms. The maximum absolute atomic E-state index is 12.5. The van der Waals surface area contributed by atoms with Gasteiger partial charge in [0.25, 0.3) is 11.8 Å². The van der Waals surface area contributed by atoms with Crippen LogP contribution in [0.25, 0.3) is 0 Å². The van der Waals surface area contributed by atoms with Gasteiger partial charge < -0.3 is 20.8 Å². The van der Waals surface area contributed by atoms with Gasteiger partial charge in [-0.05, 0) is 6.26 Å². The average molecular weight is 328 g/mol. The third kappa shape index (κ3) is 2.12. The first-order valence-corrected chi connectivity index (χ1v) is 8.61. The van der Waals surface area contributed by atoms with E-state index in [0.29, 0.717) is 6.42 Å². The van der Waals surface area contributed by atoms with Gasteiger partial charge in [-0.25, -0.2) is 0 Å². The minimum atomic E-state index is -1.33. The molecule has 2 saturated heterocycles. The molecule has 0 aromatic carbocycles. The van der Waals surface area contributed by atoms with E-state index in [-0.39, 0.29) is 11.2 Å². The number of carbonyl (C=O) groups excluding carboxylic acids is 2. The number of thioether (sulfide) groups is 2. The van der Waals surface area contributed by atoms with E-state index in [9.17, 15) is 19.8 Å².